The molecule has 2 nitrogen and oxygen atoms in total. The molecule has 0 spiro atoms. The Kier molecular flexibility index (Phi) is 7.25. The van der Waals surface area contributed by atoms with Crippen molar-refractivity contribution in [3.05, 3.63) is 35.4 Å². The Hall–Kier alpha value is -0.860. The van der Waals surface area contributed by atoms with E-state index in [2.05, 4.69) is 43.4 Å². The number of ether oxygens (including phenoxy) is 1. The van der Waals surface area contributed by atoms with Crippen LogP contribution in [0.5, 0.6) is 0 Å². The molecule has 1 fully saturated rings. The highest BCUT2D eigenvalue weighted by molar-refractivity contribution is 5.26. The lowest BCUT2D eigenvalue weighted by Crippen LogP contribution is -2.27. The van der Waals surface area contributed by atoms with E-state index in [1.165, 1.54) is 43.2 Å². The third-order valence-electron chi connectivity index (χ3n) is 4.36. The summed E-state index contributed by atoms with van der Waals surface area (Å²) in [4.78, 5) is 0. The molecule has 118 valence electrons. The molecular weight excluding hydrogens is 258 g/mol. The second kappa shape index (κ2) is 9.22. The van der Waals surface area contributed by atoms with Crippen LogP contribution in [0.15, 0.2) is 24.3 Å². The highest BCUT2D eigenvalue weighted by Crippen LogP contribution is 2.21. The Morgan fingerprint density at radius 3 is 2.76 bits per heavy atom. The van der Waals surface area contributed by atoms with Crippen LogP contribution in [0.2, 0.25) is 0 Å². The van der Waals surface area contributed by atoms with Gasteiger partial charge in [0.25, 0.3) is 0 Å². The third kappa shape index (κ3) is 6.62. The molecule has 2 rings (SSSR count). The van der Waals surface area contributed by atoms with Crippen molar-refractivity contribution in [3.8, 4) is 0 Å². The van der Waals surface area contributed by atoms with Crippen molar-refractivity contribution in [2.24, 2.45) is 5.92 Å². The number of hydrogen-bond donors (Lipinski definition) is 1. The van der Waals surface area contributed by atoms with Crippen LogP contribution >= 0.6 is 0 Å². The quantitative estimate of drug-likeness (QED) is 0.619. The minimum Gasteiger partial charge on any atom is -0.381 e. The predicted octanol–water partition coefficient (Wildman–Crippen LogP) is 4.11. The van der Waals surface area contributed by atoms with E-state index >= 15 is 0 Å². The summed E-state index contributed by atoms with van der Waals surface area (Å²) >= 11 is 0. The Bertz CT molecular complexity index is 400. The SMILES string of the molecule is CCCCOCCC(CNC1CC1)Cc1ccccc1C. The molecule has 0 radical (unpaired) electrons. The summed E-state index contributed by atoms with van der Waals surface area (Å²) in [6.45, 7) is 7.39. The molecule has 0 aromatic heterocycles. The zero-order chi connectivity index (χ0) is 14.9. The summed E-state index contributed by atoms with van der Waals surface area (Å²) in [6.07, 6.45) is 7.47. The molecule has 2 heteroatoms. The van der Waals surface area contributed by atoms with E-state index in [9.17, 15) is 0 Å². The number of benzene rings is 1. The molecule has 1 atom stereocenters. The maximum Gasteiger partial charge on any atom is 0.0469 e. The lowest BCUT2D eigenvalue weighted by molar-refractivity contribution is 0.117. The second-order valence-electron chi connectivity index (χ2n) is 6.43. The average Bonchev–Trinajstić information content (AvgIpc) is 3.30. The highest BCUT2D eigenvalue weighted by atomic mass is 16.5. The fourth-order valence-electron chi connectivity index (χ4n) is 2.65. The van der Waals surface area contributed by atoms with Crippen LogP contribution in [0, 0.1) is 12.8 Å². The van der Waals surface area contributed by atoms with Crippen LogP contribution in [0.4, 0.5) is 0 Å². The van der Waals surface area contributed by atoms with Gasteiger partial charge in [-0.05, 0) is 62.6 Å². The lowest BCUT2D eigenvalue weighted by atomic mass is 9.93. The zero-order valence-corrected chi connectivity index (χ0v) is 13.7. The highest BCUT2D eigenvalue weighted by Gasteiger charge is 2.22. The van der Waals surface area contributed by atoms with Gasteiger partial charge in [0.15, 0.2) is 0 Å². The first-order valence-corrected chi connectivity index (χ1v) is 8.65. The summed E-state index contributed by atoms with van der Waals surface area (Å²) < 4.78 is 5.77. The van der Waals surface area contributed by atoms with Gasteiger partial charge in [-0.2, -0.15) is 0 Å². The Balaban J connectivity index is 1.77. The first kappa shape index (κ1) is 16.5. The molecule has 1 aliphatic rings. The monoisotopic (exact) mass is 289 g/mol. The predicted molar refractivity (Wildman–Crippen MR) is 89.7 cm³/mol. The van der Waals surface area contributed by atoms with Crippen LogP contribution in [0.3, 0.4) is 0 Å². The molecule has 0 heterocycles. The van der Waals surface area contributed by atoms with Crippen LogP contribution in [0.25, 0.3) is 0 Å². The van der Waals surface area contributed by atoms with Crippen LogP contribution in [0.1, 0.15) is 50.2 Å². The number of nitrogens with one attached hydrogen (secondary N) is 1. The van der Waals surface area contributed by atoms with Gasteiger partial charge < -0.3 is 10.1 Å². The van der Waals surface area contributed by atoms with E-state index in [1.54, 1.807) is 0 Å². The molecule has 1 aromatic carbocycles. The number of rotatable bonds is 11. The summed E-state index contributed by atoms with van der Waals surface area (Å²) in [7, 11) is 0. The summed E-state index contributed by atoms with van der Waals surface area (Å²) in [5.41, 5.74) is 2.91. The van der Waals surface area contributed by atoms with Gasteiger partial charge in [0.1, 0.15) is 0 Å². The summed E-state index contributed by atoms with van der Waals surface area (Å²) in [5.74, 6) is 0.688. The molecule has 21 heavy (non-hydrogen) atoms. The maximum atomic E-state index is 5.77. The molecule has 1 saturated carbocycles. The zero-order valence-electron chi connectivity index (χ0n) is 13.7. The van der Waals surface area contributed by atoms with E-state index in [4.69, 9.17) is 4.74 Å². The van der Waals surface area contributed by atoms with E-state index in [1.807, 2.05) is 0 Å². The number of unbranched alkanes of at least 4 members (excludes halogenated alkanes) is 1. The average molecular weight is 289 g/mol. The first-order chi connectivity index (χ1) is 10.3. The van der Waals surface area contributed by atoms with Crippen molar-refractivity contribution in [3.63, 3.8) is 0 Å². The van der Waals surface area contributed by atoms with Crippen LogP contribution in [-0.4, -0.2) is 25.8 Å². The van der Waals surface area contributed by atoms with Crippen molar-refractivity contribution in [1.29, 1.82) is 0 Å². The minimum absolute atomic E-state index is 0.688. The smallest absolute Gasteiger partial charge is 0.0469 e. The minimum atomic E-state index is 0.688. The molecule has 0 aliphatic heterocycles. The Labute approximate surface area is 130 Å². The van der Waals surface area contributed by atoms with E-state index in [0.29, 0.717) is 5.92 Å². The van der Waals surface area contributed by atoms with E-state index < -0.39 is 0 Å². The molecule has 0 amide bonds. The van der Waals surface area contributed by atoms with Crippen LogP contribution in [-0.2, 0) is 11.2 Å². The third-order valence-corrected chi connectivity index (χ3v) is 4.36. The van der Waals surface area contributed by atoms with E-state index in [0.717, 1.165) is 32.2 Å². The molecular formula is C19H31NO. The molecule has 1 N–H and O–H groups in total. The van der Waals surface area contributed by atoms with Gasteiger partial charge in [-0.15, -0.1) is 0 Å². The topological polar surface area (TPSA) is 21.3 Å². The van der Waals surface area contributed by atoms with Gasteiger partial charge in [0.2, 0.25) is 0 Å². The van der Waals surface area contributed by atoms with Crippen molar-refractivity contribution >= 4 is 0 Å². The standard InChI is InChI=1S/C19H31NO/c1-3-4-12-21-13-11-17(15-20-19-9-10-19)14-18-8-6-5-7-16(18)2/h5-8,17,19-20H,3-4,9-15H2,1-2H3. The van der Waals surface area contributed by atoms with Gasteiger partial charge in [-0.3, -0.25) is 0 Å². The van der Waals surface area contributed by atoms with Crippen molar-refractivity contribution < 1.29 is 4.74 Å². The van der Waals surface area contributed by atoms with Crippen molar-refractivity contribution in [2.45, 2.75) is 58.4 Å². The first-order valence-electron chi connectivity index (χ1n) is 8.65. The number of aryl methyl sites for hydroxylation is 1. The second-order valence-corrected chi connectivity index (χ2v) is 6.43. The summed E-state index contributed by atoms with van der Waals surface area (Å²) in [6, 6.07) is 9.58. The van der Waals surface area contributed by atoms with Crippen molar-refractivity contribution in [1.82, 2.24) is 5.32 Å². The fourth-order valence-corrected chi connectivity index (χ4v) is 2.65. The van der Waals surface area contributed by atoms with Gasteiger partial charge >= 0.3 is 0 Å². The Morgan fingerprint density at radius 1 is 1.24 bits per heavy atom. The maximum absolute atomic E-state index is 5.77. The van der Waals surface area contributed by atoms with Crippen molar-refractivity contribution in [2.75, 3.05) is 19.8 Å². The molecule has 1 aliphatic carbocycles. The van der Waals surface area contributed by atoms with Gasteiger partial charge in [-0.25, -0.2) is 0 Å². The van der Waals surface area contributed by atoms with Gasteiger partial charge in [0, 0.05) is 19.3 Å². The molecule has 1 unspecified atom stereocenters. The fraction of sp³-hybridized carbons (Fsp3) is 0.684. The number of hydrogen-bond acceptors (Lipinski definition) is 2. The van der Waals surface area contributed by atoms with E-state index in [-0.39, 0.29) is 0 Å². The molecule has 0 saturated heterocycles. The Morgan fingerprint density at radius 2 is 2.05 bits per heavy atom. The largest absolute Gasteiger partial charge is 0.381 e. The van der Waals surface area contributed by atoms with Crippen LogP contribution < -0.4 is 5.32 Å². The normalized spacial score (nSPS) is 16.1. The molecule has 0 bridgehead atoms. The van der Waals surface area contributed by atoms with Gasteiger partial charge in [-0.1, -0.05) is 37.6 Å². The molecule has 1 aromatic rings. The lowest BCUT2D eigenvalue weighted by Gasteiger charge is -2.19. The summed E-state index contributed by atoms with van der Waals surface area (Å²) in [5, 5.41) is 3.69. The van der Waals surface area contributed by atoms with Gasteiger partial charge in [0.05, 0.1) is 0 Å².